The summed E-state index contributed by atoms with van der Waals surface area (Å²) in [5.74, 6) is 0. The second-order valence-corrected chi connectivity index (χ2v) is 12.2. The predicted octanol–water partition coefficient (Wildman–Crippen LogP) is 13.4. The zero-order chi connectivity index (χ0) is 35.8. The molecular weight excluding hydrogens is 599 g/mol. The summed E-state index contributed by atoms with van der Waals surface area (Å²) in [7, 11) is 0. The van der Waals surface area contributed by atoms with Crippen LogP contribution in [0, 0.1) is 0 Å². The highest BCUT2D eigenvalue weighted by Gasteiger charge is 2.20. The van der Waals surface area contributed by atoms with E-state index in [4.69, 9.17) is 8.83 Å². The van der Waals surface area contributed by atoms with Crippen molar-refractivity contribution in [2.24, 2.45) is 0 Å². The molecule has 0 aliphatic carbocycles. The second-order valence-electron chi connectivity index (χ2n) is 12.2. The molecular formula is C46H29NO2. The first-order valence-corrected chi connectivity index (χ1v) is 16.3. The minimum absolute atomic E-state index is 0.107. The summed E-state index contributed by atoms with van der Waals surface area (Å²) in [4.78, 5) is 1.85. The van der Waals surface area contributed by atoms with E-state index in [9.17, 15) is 5.48 Å². The van der Waals surface area contributed by atoms with Crippen LogP contribution in [0.2, 0.25) is 0 Å². The zero-order valence-corrected chi connectivity index (χ0v) is 26.2. The van der Waals surface area contributed by atoms with Crippen molar-refractivity contribution >= 4 is 71.7 Å². The molecule has 0 bridgehead atoms. The van der Waals surface area contributed by atoms with Crippen LogP contribution in [0.4, 0.5) is 17.1 Å². The third kappa shape index (κ3) is 4.51. The van der Waals surface area contributed by atoms with E-state index in [0.717, 1.165) is 60.2 Å². The molecule has 2 aromatic heterocycles. The molecule has 0 spiro atoms. The average Bonchev–Trinajstić information content (AvgIpc) is 3.78. The number of hydrogen-bond donors (Lipinski definition) is 0. The van der Waals surface area contributed by atoms with Crippen molar-refractivity contribution in [3.8, 4) is 22.3 Å². The Bertz CT molecular complexity index is 3030. The molecule has 0 radical (unpaired) electrons. The molecule has 230 valence electrons. The van der Waals surface area contributed by atoms with Crippen molar-refractivity contribution in [1.82, 2.24) is 0 Å². The molecule has 10 rings (SSSR count). The Labute approximate surface area is 288 Å². The van der Waals surface area contributed by atoms with Crippen LogP contribution < -0.4 is 4.90 Å². The van der Waals surface area contributed by atoms with Crippen LogP contribution in [-0.2, 0) is 0 Å². The highest BCUT2D eigenvalue weighted by atomic mass is 16.3. The SMILES string of the molecule is [2H]c1c([2H])c(N(c2ccc(-c3ccc4oc5ccccc5c4c3)cc2)c2cccc3oc4c5ccccc5ccc4c23)c([2H])c([2H])c1-c1ccccc1. The Morgan fingerprint density at radius 2 is 1.10 bits per heavy atom. The molecule has 0 saturated heterocycles. The number of furan rings is 2. The van der Waals surface area contributed by atoms with E-state index in [1.165, 1.54) is 0 Å². The molecule has 3 heteroatoms. The van der Waals surface area contributed by atoms with Crippen LogP contribution in [-0.4, -0.2) is 0 Å². The molecule has 0 N–H and O–H groups in total. The van der Waals surface area contributed by atoms with Gasteiger partial charge in [-0.05, 0) is 88.3 Å². The summed E-state index contributed by atoms with van der Waals surface area (Å²) in [6.45, 7) is 0. The third-order valence-electron chi connectivity index (χ3n) is 9.34. The van der Waals surface area contributed by atoms with Crippen molar-refractivity contribution in [3.05, 3.63) is 176 Å². The lowest BCUT2D eigenvalue weighted by molar-refractivity contribution is 0.669. The third-order valence-corrected chi connectivity index (χ3v) is 9.34. The fourth-order valence-electron chi connectivity index (χ4n) is 6.99. The van der Waals surface area contributed by atoms with Gasteiger partial charge in [0.25, 0.3) is 0 Å². The first-order valence-electron chi connectivity index (χ1n) is 18.3. The molecule has 0 unspecified atom stereocenters. The van der Waals surface area contributed by atoms with Gasteiger partial charge in [0.15, 0.2) is 0 Å². The largest absolute Gasteiger partial charge is 0.456 e. The van der Waals surface area contributed by atoms with E-state index < -0.39 is 0 Å². The van der Waals surface area contributed by atoms with Gasteiger partial charge in [0.2, 0.25) is 0 Å². The van der Waals surface area contributed by atoms with Crippen molar-refractivity contribution in [1.29, 1.82) is 0 Å². The molecule has 49 heavy (non-hydrogen) atoms. The Morgan fingerprint density at radius 3 is 1.96 bits per heavy atom. The predicted molar refractivity (Wildman–Crippen MR) is 204 cm³/mol. The normalized spacial score (nSPS) is 12.8. The summed E-state index contributed by atoms with van der Waals surface area (Å²) in [6.07, 6.45) is 0. The highest BCUT2D eigenvalue weighted by Crippen LogP contribution is 2.45. The van der Waals surface area contributed by atoms with Gasteiger partial charge in [0.1, 0.15) is 22.3 Å². The first-order chi connectivity index (χ1) is 26.0. The fourth-order valence-corrected chi connectivity index (χ4v) is 6.99. The average molecular weight is 632 g/mol. The quantitative estimate of drug-likeness (QED) is 0.189. The van der Waals surface area contributed by atoms with Gasteiger partial charge >= 0.3 is 0 Å². The van der Waals surface area contributed by atoms with Crippen molar-refractivity contribution in [2.45, 2.75) is 0 Å². The Balaban J connectivity index is 1.20. The highest BCUT2D eigenvalue weighted by molar-refractivity contribution is 6.19. The molecule has 0 aliphatic rings. The van der Waals surface area contributed by atoms with Crippen LogP contribution in [0.5, 0.6) is 0 Å². The number of hydrogen-bond acceptors (Lipinski definition) is 3. The van der Waals surface area contributed by atoms with Gasteiger partial charge in [-0.25, -0.2) is 0 Å². The van der Waals surface area contributed by atoms with E-state index >= 15 is 0 Å². The van der Waals surface area contributed by atoms with Crippen molar-refractivity contribution < 1.29 is 14.3 Å². The molecule has 10 aromatic rings. The standard InChI is InChI=1S/C46H29NO2/c1-2-9-30(10-3-1)31-17-23-35(24-18-31)47(41-14-8-16-44-45(41)39-27-21-33-11-4-5-12-37(33)46(39)49-44)36-25-19-32(20-26-36)34-22-28-43-40(29-34)38-13-6-7-15-42(38)48-43/h1-29H/i17D,18D,23D,24D. The van der Waals surface area contributed by atoms with Crippen LogP contribution in [0.3, 0.4) is 0 Å². The molecule has 3 nitrogen and oxygen atoms in total. The number of fused-ring (bicyclic) bond motifs is 8. The Kier molecular flexibility index (Phi) is 5.32. The van der Waals surface area contributed by atoms with E-state index in [-0.39, 0.29) is 35.4 Å². The lowest BCUT2D eigenvalue weighted by atomic mass is 10.0. The van der Waals surface area contributed by atoms with E-state index in [1.807, 2.05) is 126 Å². The van der Waals surface area contributed by atoms with Crippen molar-refractivity contribution in [2.75, 3.05) is 4.90 Å². The maximum absolute atomic E-state index is 9.43. The van der Waals surface area contributed by atoms with Gasteiger partial charge in [-0.3, -0.25) is 0 Å². The summed E-state index contributed by atoms with van der Waals surface area (Å²) in [5, 5.41) is 5.86. The monoisotopic (exact) mass is 631 g/mol. The number of para-hydroxylation sites is 1. The number of nitrogens with zero attached hydrogens (tertiary/aromatic N) is 1. The number of anilines is 3. The fraction of sp³-hybridized carbons (Fsp3) is 0. The summed E-state index contributed by atoms with van der Waals surface area (Å²) in [6, 6.07) is 48.9. The second kappa shape index (κ2) is 11.0. The summed E-state index contributed by atoms with van der Waals surface area (Å²) < 4.78 is 49.9. The number of rotatable bonds is 5. The molecule has 0 aliphatic heterocycles. The molecule has 0 amide bonds. The minimum Gasteiger partial charge on any atom is -0.456 e. The van der Waals surface area contributed by atoms with Crippen LogP contribution in [0.15, 0.2) is 185 Å². The number of benzene rings is 8. The van der Waals surface area contributed by atoms with E-state index in [2.05, 4.69) is 30.3 Å². The van der Waals surface area contributed by atoms with Gasteiger partial charge in [-0.15, -0.1) is 0 Å². The van der Waals surface area contributed by atoms with Gasteiger partial charge in [-0.1, -0.05) is 115 Å². The van der Waals surface area contributed by atoms with E-state index in [1.54, 1.807) is 0 Å². The smallest absolute Gasteiger partial charge is 0.143 e. The zero-order valence-electron chi connectivity index (χ0n) is 30.2. The van der Waals surface area contributed by atoms with Crippen LogP contribution >= 0.6 is 0 Å². The molecule has 0 saturated carbocycles. The lowest BCUT2D eigenvalue weighted by Crippen LogP contribution is -2.10. The van der Waals surface area contributed by atoms with Crippen LogP contribution in [0.25, 0.3) is 76.9 Å². The Morgan fingerprint density at radius 1 is 0.408 bits per heavy atom. The minimum atomic E-state index is -0.138. The lowest BCUT2D eigenvalue weighted by Gasteiger charge is -2.26. The van der Waals surface area contributed by atoms with E-state index in [0.29, 0.717) is 22.5 Å². The molecule has 0 atom stereocenters. The van der Waals surface area contributed by atoms with Gasteiger partial charge in [0.05, 0.1) is 16.6 Å². The topological polar surface area (TPSA) is 29.5 Å². The first kappa shape index (κ1) is 23.7. The molecule has 2 heterocycles. The molecule has 8 aromatic carbocycles. The maximum Gasteiger partial charge on any atom is 0.143 e. The molecule has 0 fully saturated rings. The van der Waals surface area contributed by atoms with Crippen LogP contribution in [0.1, 0.15) is 5.48 Å². The summed E-state index contributed by atoms with van der Waals surface area (Å²) in [5.41, 5.74) is 7.50. The van der Waals surface area contributed by atoms with Crippen molar-refractivity contribution in [3.63, 3.8) is 0 Å². The maximum atomic E-state index is 9.43. The van der Waals surface area contributed by atoms with Gasteiger partial charge in [0, 0.05) is 32.9 Å². The Hall–Kier alpha value is -6.58. The summed E-state index contributed by atoms with van der Waals surface area (Å²) >= 11 is 0. The van der Waals surface area contributed by atoms with Gasteiger partial charge < -0.3 is 13.7 Å². The van der Waals surface area contributed by atoms with Gasteiger partial charge in [-0.2, -0.15) is 0 Å².